The molecule has 0 saturated carbocycles. The molecule has 0 aliphatic rings. The van der Waals surface area contributed by atoms with Gasteiger partial charge in [-0.3, -0.25) is 14.7 Å². The lowest BCUT2D eigenvalue weighted by Crippen LogP contribution is -2.44. The number of hydrogen-bond donors (Lipinski definition) is 2. The summed E-state index contributed by atoms with van der Waals surface area (Å²) in [5, 5.41) is 18.7. The molecule has 0 amide bonds. The van der Waals surface area contributed by atoms with E-state index >= 15 is 0 Å². The molecule has 0 aromatic carbocycles. The van der Waals surface area contributed by atoms with E-state index in [-0.39, 0.29) is 17.8 Å². The highest BCUT2D eigenvalue weighted by molar-refractivity contribution is 5.69. The quantitative estimate of drug-likeness (QED) is 0.854. The van der Waals surface area contributed by atoms with Crippen LogP contribution in [0.2, 0.25) is 0 Å². The number of carbonyl (C=O) groups is 1. The van der Waals surface area contributed by atoms with Crippen molar-refractivity contribution in [2.24, 2.45) is 0 Å². The molecule has 18 heavy (non-hydrogen) atoms. The molecule has 0 atom stereocenters. The van der Waals surface area contributed by atoms with Gasteiger partial charge in [-0.15, -0.1) is 0 Å². The Kier molecular flexibility index (Phi) is 4.29. The maximum atomic E-state index is 10.9. The monoisotopic (exact) mass is 252 g/mol. The van der Waals surface area contributed by atoms with E-state index in [0.717, 1.165) is 5.69 Å². The van der Waals surface area contributed by atoms with Crippen molar-refractivity contribution in [1.82, 2.24) is 9.88 Å². The van der Waals surface area contributed by atoms with Crippen molar-refractivity contribution in [3.05, 3.63) is 23.5 Å². The van der Waals surface area contributed by atoms with Crippen molar-refractivity contribution >= 4 is 5.97 Å². The van der Waals surface area contributed by atoms with Crippen LogP contribution in [-0.2, 0) is 11.3 Å². The van der Waals surface area contributed by atoms with Gasteiger partial charge in [-0.25, -0.2) is 0 Å². The average molecular weight is 252 g/mol. The van der Waals surface area contributed by atoms with Gasteiger partial charge >= 0.3 is 5.97 Å². The molecule has 5 heteroatoms. The van der Waals surface area contributed by atoms with Gasteiger partial charge in [-0.2, -0.15) is 0 Å². The highest BCUT2D eigenvalue weighted by atomic mass is 16.4. The Hall–Kier alpha value is -1.62. The topological polar surface area (TPSA) is 73.7 Å². The van der Waals surface area contributed by atoms with Crippen LogP contribution in [0.3, 0.4) is 0 Å². The van der Waals surface area contributed by atoms with E-state index in [1.807, 2.05) is 27.7 Å². The van der Waals surface area contributed by atoms with E-state index in [2.05, 4.69) is 4.98 Å². The standard InChI is InChI=1S/C13H20N2O3/c1-9-5-6-11(16)10(14-9)7-15(8-12(17)18)13(2,3)4/h5-6,16H,7-8H2,1-4H3,(H,17,18). The van der Waals surface area contributed by atoms with Crippen molar-refractivity contribution in [2.75, 3.05) is 6.54 Å². The van der Waals surface area contributed by atoms with Crippen LogP contribution in [0.25, 0.3) is 0 Å². The number of aromatic nitrogens is 1. The molecule has 0 fully saturated rings. The molecular weight excluding hydrogens is 232 g/mol. The first-order valence-corrected chi connectivity index (χ1v) is 5.82. The van der Waals surface area contributed by atoms with Gasteiger partial charge in [0, 0.05) is 17.8 Å². The molecule has 0 spiro atoms. The maximum absolute atomic E-state index is 10.9. The summed E-state index contributed by atoms with van der Waals surface area (Å²) in [6.07, 6.45) is 0. The summed E-state index contributed by atoms with van der Waals surface area (Å²) in [6.45, 7) is 7.86. The highest BCUT2D eigenvalue weighted by Crippen LogP contribution is 2.21. The zero-order chi connectivity index (χ0) is 13.9. The fourth-order valence-corrected chi connectivity index (χ4v) is 1.59. The van der Waals surface area contributed by atoms with Gasteiger partial charge in [0.15, 0.2) is 0 Å². The van der Waals surface area contributed by atoms with Gasteiger partial charge in [0.05, 0.1) is 12.2 Å². The fourth-order valence-electron chi connectivity index (χ4n) is 1.59. The molecule has 1 aromatic rings. The molecule has 2 N–H and O–H groups in total. The Bertz CT molecular complexity index is 438. The van der Waals surface area contributed by atoms with Gasteiger partial charge in [-0.1, -0.05) is 0 Å². The lowest BCUT2D eigenvalue weighted by molar-refractivity contribution is -0.140. The third kappa shape index (κ3) is 4.00. The van der Waals surface area contributed by atoms with Crippen molar-refractivity contribution in [3.8, 4) is 5.75 Å². The zero-order valence-electron chi connectivity index (χ0n) is 11.3. The normalized spacial score (nSPS) is 11.8. The first-order chi connectivity index (χ1) is 8.20. The predicted molar refractivity (Wildman–Crippen MR) is 68.4 cm³/mol. The maximum Gasteiger partial charge on any atom is 0.317 e. The van der Waals surface area contributed by atoms with E-state index in [9.17, 15) is 9.90 Å². The third-order valence-electron chi connectivity index (χ3n) is 2.70. The third-order valence-corrected chi connectivity index (χ3v) is 2.70. The summed E-state index contributed by atoms with van der Waals surface area (Å²) in [6, 6.07) is 3.30. The average Bonchev–Trinajstić information content (AvgIpc) is 2.20. The van der Waals surface area contributed by atoms with Gasteiger partial charge in [0.1, 0.15) is 5.75 Å². The Labute approximate surface area is 107 Å². The van der Waals surface area contributed by atoms with E-state index in [4.69, 9.17) is 5.11 Å². The van der Waals surface area contributed by atoms with Crippen LogP contribution in [0.1, 0.15) is 32.2 Å². The van der Waals surface area contributed by atoms with Crippen molar-refractivity contribution < 1.29 is 15.0 Å². The smallest absolute Gasteiger partial charge is 0.317 e. The molecule has 5 nitrogen and oxygen atoms in total. The van der Waals surface area contributed by atoms with Crippen LogP contribution in [0.5, 0.6) is 5.75 Å². The van der Waals surface area contributed by atoms with E-state index in [1.165, 1.54) is 0 Å². The second kappa shape index (κ2) is 5.35. The number of aliphatic carboxylic acids is 1. The molecule has 0 radical (unpaired) electrons. The Balaban J connectivity index is 2.96. The number of hydrogen-bond acceptors (Lipinski definition) is 4. The summed E-state index contributed by atoms with van der Waals surface area (Å²) >= 11 is 0. The first kappa shape index (κ1) is 14.4. The highest BCUT2D eigenvalue weighted by Gasteiger charge is 2.25. The second-order valence-corrected chi connectivity index (χ2v) is 5.34. The van der Waals surface area contributed by atoms with Gasteiger partial charge in [0.25, 0.3) is 0 Å². The summed E-state index contributed by atoms with van der Waals surface area (Å²) < 4.78 is 0. The fraction of sp³-hybridized carbons (Fsp3) is 0.538. The van der Waals surface area contributed by atoms with Crippen LogP contribution in [0, 0.1) is 6.92 Å². The minimum absolute atomic E-state index is 0.0848. The number of pyridine rings is 1. The van der Waals surface area contributed by atoms with E-state index < -0.39 is 5.97 Å². The Morgan fingerprint density at radius 3 is 2.50 bits per heavy atom. The molecule has 0 aliphatic carbocycles. The number of carboxylic acid groups (broad SMARTS) is 1. The lowest BCUT2D eigenvalue weighted by Gasteiger charge is -2.34. The van der Waals surface area contributed by atoms with Crippen LogP contribution < -0.4 is 0 Å². The summed E-state index contributed by atoms with van der Waals surface area (Å²) in [7, 11) is 0. The summed E-state index contributed by atoms with van der Waals surface area (Å²) in [5.41, 5.74) is 0.995. The zero-order valence-corrected chi connectivity index (χ0v) is 11.3. The SMILES string of the molecule is Cc1ccc(O)c(CN(CC(=O)O)C(C)(C)C)n1. The summed E-state index contributed by atoms with van der Waals surface area (Å²) in [4.78, 5) is 16.9. The molecule has 100 valence electrons. The Morgan fingerprint density at radius 1 is 1.39 bits per heavy atom. The number of carboxylic acids is 1. The van der Waals surface area contributed by atoms with Crippen LogP contribution in [0.15, 0.2) is 12.1 Å². The van der Waals surface area contributed by atoms with Gasteiger partial charge in [0.2, 0.25) is 0 Å². The molecule has 1 heterocycles. The second-order valence-electron chi connectivity index (χ2n) is 5.34. The first-order valence-electron chi connectivity index (χ1n) is 5.82. The van der Waals surface area contributed by atoms with Crippen molar-refractivity contribution in [1.29, 1.82) is 0 Å². The number of nitrogens with zero attached hydrogens (tertiary/aromatic N) is 2. The molecule has 0 unspecified atom stereocenters. The minimum atomic E-state index is -0.892. The van der Waals surface area contributed by atoms with Gasteiger partial charge in [-0.05, 0) is 39.8 Å². The van der Waals surface area contributed by atoms with Gasteiger partial charge < -0.3 is 10.2 Å². The van der Waals surface area contributed by atoms with Crippen molar-refractivity contribution in [3.63, 3.8) is 0 Å². The molecule has 1 rings (SSSR count). The predicted octanol–water partition coefficient (Wildman–Crippen LogP) is 1.78. The van der Waals surface area contributed by atoms with E-state index in [0.29, 0.717) is 12.2 Å². The van der Waals surface area contributed by atoms with Crippen LogP contribution >= 0.6 is 0 Å². The Morgan fingerprint density at radius 2 is 2.00 bits per heavy atom. The van der Waals surface area contributed by atoms with Crippen molar-refractivity contribution in [2.45, 2.75) is 39.8 Å². The summed E-state index contributed by atoms with van der Waals surface area (Å²) in [5.74, 6) is -0.794. The minimum Gasteiger partial charge on any atom is -0.506 e. The molecule has 0 saturated heterocycles. The van der Waals surface area contributed by atoms with E-state index in [1.54, 1.807) is 17.0 Å². The number of aromatic hydroxyl groups is 1. The number of aryl methyl sites for hydroxylation is 1. The lowest BCUT2D eigenvalue weighted by atomic mass is 10.1. The van der Waals surface area contributed by atoms with Crippen LogP contribution in [0.4, 0.5) is 0 Å². The molecule has 1 aromatic heterocycles. The van der Waals surface area contributed by atoms with Crippen LogP contribution in [-0.4, -0.2) is 38.1 Å². The number of rotatable bonds is 4. The molecular formula is C13H20N2O3. The molecule has 0 aliphatic heterocycles. The largest absolute Gasteiger partial charge is 0.506 e. The molecule has 0 bridgehead atoms.